The fraction of sp³-hybridized carbons (Fsp3) is 0.190. The Morgan fingerprint density at radius 2 is 1.89 bits per heavy atom. The van der Waals surface area contributed by atoms with Crippen molar-refractivity contribution in [2.24, 2.45) is 5.73 Å². The molecular weight excluding hydrogens is 358 g/mol. The van der Waals surface area contributed by atoms with Gasteiger partial charge in [-0.05, 0) is 37.1 Å². The predicted octanol–water partition coefficient (Wildman–Crippen LogP) is 3.72. The molecule has 0 unspecified atom stereocenters. The number of aromatic nitrogens is 1. The van der Waals surface area contributed by atoms with E-state index in [2.05, 4.69) is 0 Å². The molecule has 0 fully saturated rings. The highest BCUT2D eigenvalue weighted by Gasteiger charge is 2.18. The van der Waals surface area contributed by atoms with Gasteiger partial charge in [0.05, 0.1) is 17.6 Å². The highest BCUT2D eigenvalue weighted by Crippen LogP contribution is 2.29. The molecule has 2 N–H and O–H groups in total. The molecule has 3 rings (SSSR count). The molecule has 7 nitrogen and oxygen atoms in total. The van der Waals surface area contributed by atoms with Crippen molar-refractivity contribution in [2.75, 3.05) is 7.11 Å². The fourth-order valence-electron chi connectivity index (χ4n) is 3.23. The number of non-ortho nitro benzene ring substituents is 1. The maximum atomic E-state index is 11.8. The number of carbonyl (C=O) groups is 1. The number of nitro benzene ring substituents is 1. The van der Waals surface area contributed by atoms with E-state index in [4.69, 9.17) is 10.5 Å². The topological polar surface area (TPSA) is 100 Å². The van der Waals surface area contributed by atoms with E-state index in [0.717, 1.165) is 29.1 Å². The van der Waals surface area contributed by atoms with Crippen molar-refractivity contribution in [2.45, 2.75) is 19.9 Å². The standard InChI is InChI=1S/C21H21N3O4/c1-14-19(21(22)25)13-20(16-4-3-5-17(12-16)24(26)27)23(14)11-10-15-6-8-18(28-2)9-7-15/h3-9,12-13H,10-11H2,1-2H3,(H2,22,25). The lowest BCUT2D eigenvalue weighted by Gasteiger charge is -2.12. The maximum Gasteiger partial charge on any atom is 0.270 e. The van der Waals surface area contributed by atoms with Crippen LogP contribution < -0.4 is 10.5 Å². The molecule has 28 heavy (non-hydrogen) atoms. The van der Waals surface area contributed by atoms with Gasteiger partial charge in [0, 0.05) is 35.6 Å². The molecule has 0 aliphatic heterocycles. The summed E-state index contributed by atoms with van der Waals surface area (Å²) in [5.74, 6) is 0.265. The first kappa shape index (κ1) is 19.2. The molecule has 0 saturated carbocycles. The molecule has 7 heteroatoms. The molecular formula is C21H21N3O4. The number of primary amides is 1. The van der Waals surface area contributed by atoms with Crippen LogP contribution >= 0.6 is 0 Å². The molecule has 0 atom stereocenters. The number of ether oxygens (including phenoxy) is 1. The van der Waals surface area contributed by atoms with Crippen LogP contribution in [-0.4, -0.2) is 22.5 Å². The van der Waals surface area contributed by atoms with Gasteiger partial charge in [-0.3, -0.25) is 14.9 Å². The minimum Gasteiger partial charge on any atom is -0.497 e. The second-order valence-electron chi connectivity index (χ2n) is 6.45. The van der Waals surface area contributed by atoms with E-state index in [-0.39, 0.29) is 5.69 Å². The Hall–Kier alpha value is -3.61. The minimum atomic E-state index is -0.521. The summed E-state index contributed by atoms with van der Waals surface area (Å²) in [6.45, 7) is 2.43. The van der Waals surface area contributed by atoms with Crippen LogP contribution in [0.5, 0.6) is 5.75 Å². The number of rotatable bonds is 7. The third-order valence-electron chi connectivity index (χ3n) is 4.77. The summed E-state index contributed by atoms with van der Waals surface area (Å²) in [7, 11) is 1.62. The van der Waals surface area contributed by atoms with E-state index in [0.29, 0.717) is 17.7 Å². The van der Waals surface area contributed by atoms with Crippen LogP contribution in [-0.2, 0) is 13.0 Å². The average molecular weight is 379 g/mol. The van der Waals surface area contributed by atoms with Crippen LogP contribution in [0.3, 0.4) is 0 Å². The number of methoxy groups -OCH3 is 1. The lowest BCUT2D eigenvalue weighted by Crippen LogP contribution is -2.13. The molecule has 144 valence electrons. The zero-order chi connectivity index (χ0) is 20.3. The van der Waals surface area contributed by atoms with Crippen LogP contribution in [0, 0.1) is 17.0 Å². The summed E-state index contributed by atoms with van der Waals surface area (Å²) in [6.07, 6.45) is 0.722. The van der Waals surface area contributed by atoms with Crippen molar-refractivity contribution < 1.29 is 14.5 Å². The number of aryl methyl sites for hydroxylation is 1. The fourth-order valence-corrected chi connectivity index (χ4v) is 3.23. The zero-order valence-electron chi connectivity index (χ0n) is 15.7. The number of benzene rings is 2. The van der Waals surface area contributed by atoms with Crippen LogP contribution in [0.15, 0.2) is 54.6 Å². The molecule has 1 amide bonds. The number of nitrogens with two attached hydrogens (primary N) is 1. The molecule has 0 aliphatic rings. The summed E-state index contributed by atoms with van der Waals surface area (Å²) < 4.78 is 7.15. The van der Waals surface area contributed by atoms with Crippen molar-refractivity contribution in [1.82, 2.24) is 4.57 Å². The molecule has 0 aliphatic carbocycles. The molecule has 1 heterocycles. The van der Waals surface area contributed by atoms with Crippen molar-refractivity contribution >= 4 is 11.6 Å². The highest BCUT2D eigenvalue weighted by atomic mass is 16.6. The first-order chi connectivity index (χ1) is 13.4. The smallest absolute Gasteiger partial charge is 0.270 e. The van der Waals surface area contributed by atoms with Gasteiger partial charge in [0.15, 0.2) is 0 Å². The number of nitro groups is 1. The van der Waals surface area contributed by atoms with E-state index in [1.165, 1.54) is 12.1 Å². The Morgan fingerprint density at radius 3 is 2.50 bits per heavy atom. The summed E-state index contributed by atoms with van der Waals surface area (Å²) >= 11 is 0. The Labute approximate surface area is 162 Å². The second-order valence-corrected chi connectivity index (χ2v) is 6.45. The number of hydrogen-bond donors (Lipinski definition) is 1. The Morgan fingerprint density at radius 1 is 1.18 bits per heavy atom. The van der Waals surface area contributed by atoms with Crippen molar-refractivity contribution in [3.05, 3.63) is 81.5 Å². The summed E-state index contributed by atoms with van der Waals surface area (Å²) in [6, 6.07) is 15.8. The molecule has 0 saturated heterocycles. The van der Waals surface area contributed by atoms with Gasteiger partial charge in [0.25, 0.3) is 11.6 Å². The van der Waals surface area contributed by atoms with Gasteiger partial charge in [-0.1, -0.05) is 24.3 Å². The van der Waals surface area contributed by atoms with E-state index in [9.17, 15) is 14.9 Å². The van der Waals surface area contributed by atoms with Gasteiger partial charge in [-0.2, -0.15) is 0 Å². The van der Waals surface area contributed by atoms with E-state index in [1.54, 1.807) is 25.3 Å². The van der Waals surface area contributed by atoms with Gasteiger partial charge in [0.1, 0.15) is 5.75 Å². The Kier molecular flexibility index (Phi) is 5.44. The Bertz CT molecular complexity index is 1020. The van der Waals surface area contributed by atoms with Gasteiger partial charge in [-0.15, -0.1) is 0 Å². The van der Waals surface area contributed by atoms with Gasteiger partial charge in [-0.25, -0.2) is 0 Å². The number of nitrogens with zero attached hydrogens (tertiary/aromatic N) is 2. The first-order valence-corrected chi connectivity index (χ1v) is 8.78. The lowest BCUT2D eigenvalue weighted by atomic mass is 10.1. The summed E-state index contributed by atoms with van der Waals surface area (Å²) in [5, 5.41) is 11.1. The van der Waals surface area contributed by atoms with E-state index < -0.39 is 10.8 Å². The van der Waals surface area contributed by atoms with Crippen molar-refractivity contribution in [1.29, 1.82) is 0 Å². The molecule has 1 aromatic heterocycles. The first-order valence-electron chi connectivity index (χ1n) is 8.78. The second kappa shape index (κ2) is 7.96. The number of amides is 1. The zero-order valence-corrected chi connectivity index (χ0v) is 15.7. The maximum absolute atomic E-state index is 11.8. The summed E-state index contributed by atoms with van der Waals surface area (Å²) in [4.78, 5) is 22.5. The van der Waals surface area contributed by atoms with Crippen LogP contribution in [0.4, 0.5) is 5.69 Å². The molecule has 0 bridgehead atoms. The van der Waals surface area contributed by atoms with Gasteiger partial charge in [0.2, 0.25) is 0 Å². The monoisotopic (exact) mass is 379 g/mol. The van der Waals surface area contributed by atoms with Gasteiger partial charge >= 0.3 is 0 Å². The largest absolute Gasteiger partial charge is 0.497 e. The predicted molar refractivity (Wildman–Crippen MR) is 106 cm³/mol. The number of hydrogen-bond acceptors (Lipinski definition) is 4. The third-order valence-corrected chi connectivity index (χ3v) is 4.77. The third kappa shape index (κ3) is 3.88. The quantitative estimate of drug-likeness (QED) is 0.499. The minimum absolute atomic E-state index is 0.00122. The normalized spacial score (nSPS) is 10.6. The lowest BCUT2D eigenvalue weighted by molar-refractivity contribution is -0.384. The average Bonchev–Trinajstić information content (AvgIpc) is 3.03. The molecule has 0 spiro atoms. The summed E-state index contributed by atoms with van der Waals surface area (Å²) in [5.41, 5.74) is 9.17. The van der Waals surface area contributed by atoms with E-state index in [1.807, 2.05) is 35.8 Å². The Balaban J connectivity index is 1.98. The van der Waals surface area contributed by atoms with Crippen LogP contribution in [0.1, 0.15) is 21.6 Å². The van der Waals surface area contributed by atoms with Crippen molar-refractivity contribution in [3.8, 4) is 17.0 Å². The molecule has 2 aromatic carbocycles. The molecule has 0 radical (unpaired) electrons. The van der Waals surface area contributed by atoms with Crippen LogP contribution in [0.2, 0.25) is 0 Å². The highest BCUT2D eigenvalue weighted by molar-refractivity contribution is 5.95. The molecule has 3 aromatic rings. The SMILES string of the molecule is COc1ccc(CCn2c(-c3cccc([N+](=O)[O-])c3)cc(C(N)=O)c2C)cc1. The van der Waals surface area contributed by atoms with E-state index >= 15 is 0 Å². The van der Waals surface area contributed by atoms with Crippen LogP contribution in [0.25, 0.3) is 11.3 Å². The van der Waals surface area contributed by atoms with Crippen molar-refractivity contribution in [3.63, 3.8) is 0 Å². The number of carbonyl (C=O) groups excluding carboxylic acids is 1. The van der Waals surface area contributed by atoms with Gasteiger partial charge < -0.3 is 15.0 Å².